The summed E-state index contributed by atoms with van der Waals surface area (Å²) in [5, 5.41) is 10.9. The van der Waals surface area contributed by atoms with Gasteiger partial charge in [-0.15, -0.1) is 11.3 Å². The maximum atomic E-state index is 12.0. The van der Waals surface area contributed by atoms with Crippen LogP contribution in [0.15, 0.2) is 46.7 Å². The van der Waals surface area contributed by atoms with E-state index in [0.717, 1.165) is 4.88 Å². The van der Waals surface area contributed by atoms with Crippen molar-refractivity contribution in [3.63, 3.8) is 0 Å². The predicted molar refractivity (Wildman–Crippen MR) is 75.6 cm³/mol. The Bertz CT molecular complexity index is 604. The quantitative estimate of drug-likeness (QED) is 0.854. The fraction of sp³-hybridized carbons (Fsp3) is 0.231. The Labute approximate surface area is 116 Å². The highest BCUT2D eigenvalue weighted by Gasteiger charge is 2.12. The highest BCUT2D eigenvalue weighted by atomic mass is 32.2. The van der Waals surface area contributed by atoms with Gasteiger partial charge in [0.25, 0.3) is 0 Å². The van der Waals surface area contributed by atoms with Crippen LogP contribution in [0.5, 0.6) is 0 Å². The predicted octanol–water partition coefficient (Wildman–Crippen LogP) is 1.76. The number of aliphatic hydroxyl groups excluding tert-OH is 1. The molecule has 2 aromatic rings. The average molecular weight is 297 g/mol. The van der Waals surface area contributed by atoms with Crippen molar-refractivity contribution >= 4 is 21.4 Å². The van der Waals surface area contributed by atoms with E-state index in [1.165, 1.54) is 12.1 Å². The van der Waals surface area contributed by atoms with Gasteiger partial charge in [0, 0.05) is 11.4 Å². The van der Waals surface area contributed by atoms with Crippen LogP contribution in [0.3, 0.4) is 0 Å². The van der Waals surface area contributed by atoms with Crippen LogP contribution >= 0.6 is 11.3 Å². The maximum Gasteiger partial charge on any atom is 0.240 e. The molecule has 0 aliphatic carbocycles. The number of thiophene rings is 1. The van der Waals surface area contributed by atoms with Crippen molar-refractivity contribution in [1.82, 2.24) is 4.72 Å². The molecule has 1 aromatic carbocycles. The molecule has 0 radical (unpaired) electrons. The Kier molecular flexibility index (Phi) is 4.71. The number of aliphatic hydroxyl groups is 1. The molecule has 102 valence electrons. The average Bonchev–Trinajstić information content (AvgIpc) is 2.92. The van der Waals surface area contributed by atoms with Gasteiger partial charge < -0.3 is 5.11 Å². The molecule has 0 bridgehead atoms. The number of rotatable bonds is 6. The zero-order valence-electron chi connectivity index (χ0n) is 10.2. The van der Waals surface area contributed by atoms with E-state index in [0.29, 0.717) is 18.5 Å². The van der Waals surface area contributed by atoms with E-state index >= 15 is 0 Å². The second-order valence-electron chi connectivity index (χ2n) is 4.03. The second kappa shape index (κ2) is 6.29. The molecule has 0 unspecified atom stereocenters. The number of nitrogens with one attached hydrogen (secondary N) is 1. The second-order valence-corrected chi connectivity index (χ2v) is 6.83. The summed E-state index contributed by atoms with van der Waals surface area (Å²) in [4.78, 5) is 1.37. The van der Waals surface area contributed by atoms with Crippen LogP contribution in [-0.2, 0) is 23.1 Å². The first-order valence-corrected chi connectivity index (χ1v) is 8.20. The third-order valence-corrected chi connectivity index (χ3v) is 5.07. The summed E-state index contributed by atoms with van der Waals surface area (Å²) in [5.74, 6) is 0. The van der Waals surface area contributed by atoms with Crippen LogP contribution < -0.4 is 4.72 Å². The topological polar surface area (TPSA) is 66.4 Å². The normalized spacial score (nSPS) is 11.6. The minimum absolute atomic E-state index is 0.0911. The van der Waals surface area contributed by atoms with Crippen molar-refractivity contribution in [3.8, 4) is 0 Å². The monoisotopic (exact) mass is 297 g/mol. The van der Waals surface area contributed by atoms with Gasteiger partial charge in [-0.3, -0.25) is 0 Å². The number of hydrogen-bond acceptors (Lipinski definition) is 4. The van der Waals surface area contributed by atoms with E-state index in [2.05, 4.69) is 4.72 Å². The molecule has 0 saturated heterocycles. The Hall–Kier alpha value is -1.21. The fourth-order valence-electron chi connectivity index (χ4n) is 1.62. The summed E-state index contributed by atoms with van der Waals surface area (Å²) in [6.07, 6.45) is 0.686. The van der Waals surface area contributed by atoms with Gasteiger partial charge in [0.15, 0.2) is 0 Å². The Morgan fingerprint density at radius 2 is 1.89 bits per heavy atom. The largest absolute Gasteiger partial charge is 0.392 e. The minimum atomic E-state index is -3.47. The van der Waals surface area contributed by atoms with Gasteiger partial charge in [0.2, 0.25) is 10.0 Å². The zero-order chi connectivity index (χ0) is 13.7. The lowest BCUT2D eigenvalue weighted by atomic mass is 10.2. The first-order chi connectivity index (χ1) is 9.12. The molecule has 1 aromatic heterocycles. The van der Waals surface area contributed by atoms with Crippen molar-refractivity contribution in [3.05, 3.63) is 52.2 Å². The van der Waals surface area contributed by atoms with E-state index in [-0.39, 0.29) is 11.5 Å². The van der Waals surface area contributed by atoms with Gasteiger partial charge in [-0.25, -0.2) is 13.1 Å². The number of benzene rings is 1. The van der Waals surface area contributed by atoms with Gasteiger partial charge in [0.1, 0.15) is 0 Å². The third kappa shape index (κ3) is 3.87. The Balaban J connectivity index is 1.97. The molecule has 4 nitrogen and oxygen atoms in total. The van der Waals surface area contributed by atoms with Crippen LogP contribution in [0.1, 0.15) is 10.4 Å². The molecule has 0 atom stereocenters. The third-order valence-electron chi connectivity index (χ3n) is 2.66. The Morgan fingerprint density at radius 1 is 1.16 bits per heavy atom. The first kappa shape index (κ1) is 14.2. The number of hydrogen-bond donors (Lipinski definition) is 2. The van der Waals surface area contributed by atoms with Crippen molar-refractivity contribution in [1.29, 1.82) is 0 Å². The summed E-state index contributed by atoms with van der Waals surface area (Å²) in [6, 6.07) is 10.1. The molecule has 0 amide bonds. The summed E-state index contributed by atoms with van der Waals surface area (Å²) in [6.45, 7) is 0.288. The molecule has 0 spiro atoms. The van der Waals surface area contributed by atoms with Gasteiger partial charge in [0.05, 0.1) is 11.5 Å². The highest BCUT2D eigenvalue weighted by Crippen LogP contribution is 2.12. The van der Waals surface area contributed by atoms with Gasteiger partial charge >= 0.3 is 0 Å². The van der Waals surface area contributed by atoms with E-state index in [1.54, 1.807) is 23.5 Å². The first-order valence-electron chi connectivity index (χ1n) is 5.84. The lowest BCUT2D eigenvalue weighted by Gasteiger charge is -2.06. The van der Waals surface area contributed by atoms with Gasteiger partial charge in [-0.1, -0.05) is 18.2 Å². The highest BCUT2D eigenvalue weighted by molar-refractivity contribution is 7.89. The lowest BCUT2D eigenvalue weighted by molar-refractivity contribution is 0.282. The van der Waals surface area contributed by atoms with E-state index < -0.39 is 10.0 Å². The van der Waals surface area contributed by atoms with Crippen molar-refractivity contribution < 1.29 is 13.5 Å². The zero-order valence-corrected chi connectivity index (χ0v) is 11.9. The summed E-state index contributed by atoms with van der Waals surface area (Å²) >= 11 is 1.61. The summed E-state index contributed by atoms with van der Waals surface area (Å²) in [7, 11) is -3.47. The molecular formula is C13H15NO3S2. The molecule has 19 heavy (non-hydrogen) atoms. The van der Waals surface area contributed by atoms with Crippen LogP contribution in [0, 0.1) is 0 Å². The summed E-state index contributed by atoms with van der Waals surface area (Å²) < 4.78 is 26.5. The molecule has 6 heteroatoms. The minimum Gasteiger partial charge on any atom is -0.392 e. The van der Waals surface area contributed by atoms with Crippen LogP contribution in [-0.4, -0.2) is 20.1 Å². The van der Waals surface area contributed by atoms with E-state index in [9.17, 15) is 8.42 Å². The van der Waals surface area contributed by atoms with E-state index in [4.69, 9.17) is 5.11 Å². The van der Waals surface area contributed by atoms with Crippen LogP contribution in [0.4, 0.5) is 0 Å². The lowest BCUT2D eigenvalue weighted by Crippen LogP contribution is -2.25. The molecule has 1 heterocycles. The van der Waals surface area contributed by atoms with Crippen molar-refractivity contribution in [2.24, 2.45) is 0 Å². The number of sulfonamides is 1. The molecule has 0 saturated carbocycles. The molecule has 0 fully saturated rings. The van der Waals surface area contributed by atoms with Crippen LogP contribution in [0.25, 0.3) is 0 Å². The standard InChI is InChI=1S/C13H15NO3S2/c15-10-11-3-5-13(6-4-11)19(16,17)14-8-7-12-2-1-9-18-12/h1-6,9,14-15H,7-8,10H2. The maximum absolute atomic E-state index is 12.0. The molecule has 2 rings (SSSR count). The molecular weight excluding hydrogens is 282 g/mol. The fourth-order valence-corrected chi connectivity index (χ4v) is 3.36. The molecule has 0 aliphatic heterocycles. The van der Waals surface area contributed by atoms with Gasteiger partial charge in [-0.2, -0.15) is 0 Å². The van der Waals surface area contributed by atoms with Crippen molar-refractivity contribution in [2.75, 3.05) is 6.54 Å². The molecule has 0 aliphatic rings. The van der Waals surface area contributed by atoms with Gasteiger partial charge in [-0.05, 0) is 35.6 Å². The SMILES string of the molecule is O=S(=O)(NCCc1cccs1)c1ccc(CO)cc1. The Morgan fingerprint density at radius 3 is 2.47 bits per heavy atom. The van der Waals surface area contributed by atoms with Crippen molar-refractivity contribution in [2.45, 2.75) is 17.9 Å². The smallest absolute Gasteiger partial charge is 0.240 e. The molecule has 2 N–H and O–H groups in total. The van der Waals surface area contributed by atoms with Crippen LogP contribution in [0.2, 0.25) is 0 Å². The summed E-state index contributed by atoms with van der Waals surface area (Å²) in [5.41, 5.74) is 0.692. The van der Waals surface area contributed by atoms with E-state index in [1.807, 2.05) is 17.5 Å².